The Labute approximate surface area is 333 Å². The van der Waals surface area contributed by atoms with Crippen LogP contribution in [0.4, 0.5) is 11.4 Å². The summed E-state index contributed by atoms with van der Waals surface area (Å²) >= 11 is 0. The fourth-order valence-electron chi connectivity index (χ4n) is 6.84. The highest BCUT2D eigenvalue weighted by Gasteiger charge is 2.19. The van der Waals surface area contributed by atoms with Gasteiger partial charge in [0.25, 0.3) is 5.91 Å². The molecular formula is C48H70N4O3. The van der Waals surface area contributed by atoms with Gasteiger partial charge in [0.2, 0.25) is 0 Å². The summed E-state index contributed by atoms with van der Waals surface area (Å²) in [5.41, 5.74) is 8.33. The Bertz CT molecular complexity index is 1800. The summed E-state index contributed by atoms with van der Waals surface area (Å²) in [6.45, 7) is 28.3. The summed E-state index contributed by atoms with van der Waals surface area (Å²) in [5, 5.41) is 4.36. The number of hydrogen-bond donors (Lipinski definition) is 1. The van der Waals surface area contributed by atoms with Crippen LogP contribution in [-0.4, -0.2) is 49.2 Å². The lowest BCUT2D eigenvalue weighted by Crippen LogP contribution is -2.28. The second kappa shape index (κ2) is 22.8. The molecular weight excluding hydrogens is 681 g/mol. The Balaban J connectivity index is 0.00000399. The first-order valence-corrected chi connectivity index (χ1v) is 20.6. The molecule has 0 aliphatic carbocycles. The van der Waals surface area contributed by atoms with Crippen molar-refractivity contribution in [3.05, 3.63) is 108 Å². The van der Waals surface area contributed by atoms with Crippen LogP contribution in [0.15, 0.2) is 79.7 Å². The van der Waals surface area contributed by atoms with Gasteiger partial charge in [-0.25, -0.2) is 0 Å². The van der Waals surface area contributed by atoms with Gasteiger partial charge in [-0.2, -0.15) is 0 Å². The van der Waals surface area contributed by atoms with Crippen LogP contribution in [0.5, 0.6) is 11.5 Å². The zero-order valence-electron chi connectivity index (χ0n) is 35.9. The molecule has 0 saturated carbocycles. The van der Waals surface area contributed by atoms with Crippen LogP contribution >= 0.6 is 0 Å². The molecule has 0 bridgehead atoms. The zero-order valence-corrected chi connectivity index (χ0v) is 35.9. The molecule has 1 heterocycles. The van der Waals surface area contributed by atoms with E-state index in [-0.39, 0.29) is 5.91 Å². The topological polar surface area (TPSA) is 59.0 Å². The molecule has 0 spiro atoms. The zero-order chi connectivity index (χ0) is 40.5. The molecule has 4 aromatic rings. The quantitative estimate of drug-likeness (QED) is 0.0919. The third kappa shape index (κ3) is 12.3. The lowest BCUT2D eigenvalue weighted by atomic mass is 10.0. The number of amides is 1. The first-order valence-electron chi connectivity index (χ1n) is 20.6. The van der Waals surface area contributed by atoms with E-state index in [1.165, 1.54) is 60.1 Å². The van der Waals surface area contributed by atoms with Crippen LogP contribution in [0, 0.1) is 25.7 Å². The van der Waals surface area contributed by atoms with E-state index in [0.29, 0.717) is 34.4 Å². The van der Waals surface area contributed by atoms with Crippen molar-refractivity contribution in [3.63, 3.8) is 0 Å². The van der Waals surface area contributed by atoms with Crippen molar-refractivity contribution >= 4 is 28.2 Å². The molecule has 0 aliphatic rings. The number of methoxy groups -OCH3 is 2. The van der Waals surface area contributed by atoms with E-state index < -0.39 is 0 Å². The highest BCUT2D eigenvalue weighted by atomic mass is 16.5. The summed E-state index contributed by atoms with van der Waals surface area (Å²) in [7, 11) is 3.22. The van der Waals surface area contributed by atoms with Gasteiger partial charge in [0.1, 0.15) is 17.2 Å². The summed E-state index contributed by atoms with van der Waals surface area (Å²) in [6.07, 6.45) is 12.5. The number of rotatable bonds is 21. The second-order valence-electron chi connectivity index (χ2n) is 14.6. The predicted molar refractivity (Wildman–Crippen MR) is 236 cm³/mol. The highest BCUT2D eigenvalue weighted by molar-refractivity contribution is 6.04. The lowest BCUT2D eigenvalue weighted by molar-refractivity contribution is 0.102. The van der Waals surface area contributed by atoms with Crippen molar-refractivity contribution in [1.29, 1.82) is 0 Å². The van der Waals surface area contributed by atoms with Crippen LogP contribution in [0.25, 0.3) is 10.9 Å². The minimum Gasteiger partial charge on any atom is -0.494 e. The average molecular weight is 751 g/mol. The number of hydrogen-bond acceptors (Lipinski definition) is 5. The van der Waals surface area contributed by atoms with E-state index >= 15 is 0 Å². The van der Waals surface area contributed by atoms with Gasteiger partial charge in [0.15, 0.2) is 0 Å². The van der Waals surface area contributed by atoms with Gasteiger partial charge in [-0.1, -0.05) is 92.2 Å². The summed E-state index contributed by atoms with van der Waals surface area (Å²) in [6, 6.07) is 18.4. The number of benzene rings is 3. The molecule has 0 radical (unpaired) electrons. The molecule has 1 aromatic heterocycles. The summed E-state index contributed by atoms with van der Waals surface area (Å²) < 4.78 is 14.0. The number of carbonyl (C=O) groups excluding carboxylic acids is 1. The number of fused-ring (bicyclic) bond motifs is 1. The maximum absolute atomic E-state index is 13.4. The van der Waals surface area contributed by atoms with E-state index in [1.54, 1.807) is 32.6 Å². The molecule has 300 valence electrons. The number of aromatic nitrogens is 1. The summed E-state index contributed by atoms with van der Waals surface area (Å²) in [5.74, 6) is 2.13. The fourth-order valence-corrected chi connectivity index (χ4v) is 6.84. The third-order valence-electron chi connectivity index (χ3n) is 10.8. The van der Waals surface area contributed by atoms with Gasteiger partial charge >= 0.3 is 0 Å². The monoisotopic (exact) mass is 751 g/mol. The number of ether oxygens (including phenoxy) is 2. The normalized spacial score (nSPS) is 12.4. The second-order valence-corrected chi connectivity index (χ2v) is 14.6. The fraction of sp³-hybridized carbons (Fsp3) is 0.479. The lowest BCUT2D eigenvalue weighted by Gasteiger charge is -2.23. The van der Waals surface area contributed by atoms with Crippen molar-refractivity contribution < 1.29 is 14.3 Å². The van der Waals surface area contributed by atoms with Crippen LogP contribution in [0.2, 0.25) is 0 Å². The van der Waals surface area contributed by atoms with Gasteiger partial charge in [-0.15, -0.1) is 0 Å². The molecule has 4 rings (SSSR count). The number of carbonyl (C=O) groups is 1. The maximum atomic E-state index is 13.4. The molecule has 55 heavy (non-hydrogen) atoms. The van der Waals surface area contributed by atoms with E-state index in [0.717, 1.165) is 43.8 Å². The number of nitrogens with one attached hydrogen (secondary N) is 1. The molecule has 7 heteroatoms. The number of anilines is 2. The van der Waals surface area contributed by atoms with Crippen LogP contribution < -0.4 is 19.7 Å². The van der Waals surface area contributed by atoms with Gasteiger partial charge in [-0.05, 0) is 112 Å². The molecule has 2 atom stereocenters. The standard InChI is InChI=1S/C46H64N4O3.C2H6/c1-11-24-48(27-22-33(5)12-2)25-15-26-50-36(8)35(7)41-30-38(18-21-42(41)50)29-37-16-19-39(20-17-37)46(51)47-40-31-43(52-9)45(44(32-40)53-10)49(14-4)28-23-34(6)13-3;1-2/h14,16-21,23,28,30-34H,4,11-13,15,22,24-27,29H2,1-3,5-10H3,(H,47,51);1-2H3/b28-23-;. The van der Waals surface area contributed by atoms with Gasteiger partial charge < -0.3 is 29.2 Å². The number of aryl methyl sites for hydroxylation is 2. The molecule has 0 aliphatic heterocycles. The largest absolute Gasteiger partial charge is 0.494 e. The van der Waals surface area contributed by atoms with Gasteiger partial charge in [-0.3, -0.25) is 4.79 Å². The SMILES string of the molecule is C=CN(/C=C\C(C)CC)c1c(OC)cc(NC(=O)c2ccc(Cc3ccc4c(c3)c(C)c(C)n4CCCN(CCC)CCC(C)CC)cc2)cc1OC.CC. The Morgan fingerprint density at radius 1 is 0.891 bits per heavy atom. The van der Waals surface area contributed by atoms with E-state index in [9.17, 15) is 4.79 Å². The molecule has 2 unspecified atom stereocenters. The van der Waals surface area contributed by atoms with E-state index in [2.05, 4.69) is 94.1 Å². The van der Waals surface area contributed by atoms with Crippen LogP contribution in [0.3, 0.4) is 0 Å². The summed E-state index contributed by atoms with van der Waals surface area (Å²) in [4.78, 5) is 17.9. The molecule has 1 N–H and O–H groups in total. The van der Waals surface area contributed by atoms with Crippen LogP contribution in [-0.2, 0) is 13.0 Å². The van der Waals surface area contributed by atoms with Gasteiger partial charge in [0.05, 0.1) is 14.2 Å². The smallest absolute Gasteiger partial charge is 0.255 e. The number of allylic oxidation sites excluding steroid dienone is 1. The molecule has 3 aromatic carbocycles. The molecule has 7 nitrogen and oxygen atoms in total. The van der Waals surface area contributed by atoms with Crippen molar-refractivity contribution in [2.75, 3.05) is 44.1 Å². The van der Waals surface area contributed by atoms with Crippen molar-refractivity contribution in [2.24, 2.45) is 11.8 Å². The Morgan fingerprint density at radius 2 is 1.55 bits per heavy atom. The molecule has 0 saturated heterocycles. The van der Waals surface area contributed by atoms with Crippen molar-refractivity contribution in [2.45, 2.75) is 107 Å². The number of nitrogens with zero attached hydrogens (tertiary/aromatic N) is 3. The highest BCUT2D eigenvalue weighted by Crippen LogP contribution is 2.41. The minimum atomic E-state index is -0.201. The van der Waals surface area contributed by atoms with E-state index in [1.807, 2.05) is 49.2 Å². The van der Waals surface area contributed by atoms with Crippen molar-refractivity contribution in [3.8, 4) is 11.5 Å². The first kappa shape index (κ1) is 44.9. The minimum absolute atomic E-state index is 0.201. The Hall–Kier alpha value is -4.49. The maximum Gasteiger partial charge on any atom is 0.255 e. The molecule has 1 amide bonds. The molecule has 0 fully saturated rings. The van der Waals surface area contributed by atoms with Crippen LogP contribution in [0.1, 0.15) is 113 Å². The predicted octanol–water partition coefficient (Wildman–Crippen LogP) is 12.2. The first-order chi connectivity index (χ1) is 26.6. The Morgan fingerprint density at radius 3 is 2.13 bits per heavy atom. The Kier molecular flexibility index (Phi) is 18.6. The average Bonchev–Trinajstić information content (AvgIpc) is 3.44. The third-order valence-corrected chi connectivity index (χ3v) is 10.8. The van der Waals surface area contributed by atoms with Gasteiger partial charge in [0, 0.05) is 58.9 Å². The van der Waals surface area contributed by atoms with Crippen molar-refractivity contribution in [1.82, 2.24) is 9.47 Å². The van der Waals surface area contributed by atoms with E-state index in [4.69, 9.17) is 9.47 Å².